The summed E-state index contributed by atoms with van der Waals surface area (Å²) in [7, 11) is 0. The van der Waals surface area contributed by atoms with Crippen molar-refractivity contribution in [3.8, 4) is 0 Å². The lowest BCUT2D eigenvalue weighted by molar-refractivity contribution is -0.145. The maximum atomic E-state index is 12.1. The van der Waals surface area contributed by atoms with Crippen LogP contribution in [-0.2, 0) is 9.59 Å². The second-order valence-electron chi connectivity index (χ2n) is 5.33. The number of piperidine rings is 1. The normalized spacial score (nSPS) is 17.0. The fraction of sp³-hybridized carbons (Fsp3) is 0.467. The molecule has 1 heterocycles. The minimum absolute atomic E-state index is 0.113. The molecule has 1 fully saturated rings. The van der Waals surface area contributed by atoms with Crippen molar-refractivity contribution < 1.29 is 14.7 Å². The number of carboxylic acid groups (broad SMARTS) is 1. The van der Waals surface area contributed by atoms with Gasteiger partial charge in [0.05, 0.1) is 17.1 Å². The van der Waals surface area contributed by atoms with Gasteiger partial charge in [0.1, 0.15) is 6.04 Å². The molecular weight excluding hydrogens is 327 g/mol. The molecule has 1 unspecified atom stereocenters. The first-order valence-electron chi connectivity index (χ1n) is 7.19. The third-order valence-electron chi connectivity index (χ3n) is 3.70. The fourth-order valence-electron chi connectivity index (χ4n) is 2.57. The molecule has 0 aromatic heterocycles. The Morgan fingerprint density at radius 1 is 1.23 bits per heavy atom. The summed E-state index contributed by atoms with van der Waals surface area (Å²) in [6.45, 7) is 1.42. The van der Waals surface area contributed by atoms with E-state index in [4.69, 9.17) is 23.2 Å². The first-order valence-corrected chi connectivity index (χ1v) is 7.94. The number of hydrogen-bond donors (Lipinski definition) is 2. The van der Waals surface area contributed by atoms with Gasteiger partial charge in [-0.3, -0.25) is 14.5 Å². The topological polar surface area (TPSA) is 69.6 Å². The van der Waals surface area contributed by atoms with E-state index in [0.29, 0.717) is 28.8 Å². The van der Waals surface area contributed by atoms with Gasteiger partial charge in [0.2, 0.25) is 5.91 Å². The number of likely N-dealkylation sites (tertiary alicyclic amines) is 1. The van der Waals surface area contributed by atoms with Crippen molar-refractivity contribution in [2.45, 2.75) is 31.7 Å². The van der Waals surface area contributed by atoms with E-state index in [-0.39, 0.29) is 12.3 Å². The van der Waals surface area contributed by atoms with Crippen LogP contribution in [0.4, 0.5) is 5.69 Å². The van der Waals surface area contributed by atoms with Crippen LogP contribution >= 0.6 is 23.2 Å². The fourth-order valence-corrected chi connectivity index (χ4v) is 2.91. The van der Waals surface area contributed by atoms with E-state index in [0.717, 1.165) is 19.3 Å². The third-order valence-corrected chi connectivity index (χ3v) is 4.26. The molecule has 7 heteroatoms. The third kappa shape index (κ3) is 4.60. The Morgan fingerprint density at radius 3 is 2.55 bits per heavy atom. The summed E-state index contributed by atoms with van der Waals surface area (Å²) in [6, 6.07) is 3.93. The van der Waals surface area contributed by atoms with Crippen LogP contribution in [-0.4, -0.2) is 41.0 Å². The number of carboxylic acids is 1. The molecule has 22 heavy (non-hydrogen) atoms. The first-order chi connectivity index (χ1) is 10.5. The lowest BCUT2D eigenvalue weighted by atomic mass is 10.1. The van der Waals surface area contributed by atoms with Gasteiger partial charge in [0.25, 0.3) is 0 Å². The summed E-state index contributed by atoms with van der Waals surface area (Å²) < 4.78 is 0. The van der Waals surface area contributed by atoms with Crippen LogP contribution in [0.25, 0.3) is 0 Å². The molecule has 0 spiro atoms. The molecule has 1 aliphatic heterocycles. The van der Waals surface area contributed by atoms with E-state index in [1.807, 2.05) is 4.90 Å². The van der Waals surface area contributed by atoms with Crippen molar-refractivity contribution >= 4 is 40.8 Å². The molecule has 1 aliphatic rings. The molecule has 0 radical (unpaired) electrons. The Bertz CT molecular complexity index is 560. The number of anilines is 1. The standard InChI is InChI=1S/C15H18Cl2N2O3/c16-10-4-5-11(17)12(8-10)18-14(20)9-13(15(21)22)19-6-2-1-3-7-19/h4-5,8,13H,1-3,6-7,9H2,(H,18,20)(H,21,22). The average molecular weight is 345 g/mol. The van der Waals surface area contributed by atoms with E-state index >= 15 is 0 Å². The minimum atomic E-state index is -0.978. The summed E-state index contributed by atoms with van der Waals surface area (Å²) in [6.07, 6.45) is 2.92. The SMILES string of the molecule is O=C(CC(C(=O)O)N1CCCCC1)Nc1cc(Cl)ccc1Cl. The number of carbonyl (C=O) groups excluding carboxylic acids is 1. The molecule has 0 aliphatic carbocycles. The number of rotatable bonds is 5. The van der Waals surface area contributed by atoms with Gasteiger partial charge in [-0.25, -0.2) is 0 Å². The van der Waals surface area contributed by atoms with Crippen LogP contribution < -0.4 is 5.32 Å². The molecule has 0 bridgehead atoms. The highest BCUT2D eigenvalue weighted by molar-refractivity contribution is 6.35. The number of nitrogens with zero attached hydrogens (tertiary/aromatic N) is 1. The number of carbonyl (C=O) groups is 2. The monoisotopic (exact) mass is 344 g/mol. The van der Waals surface area contributed by atoms with E-state index in [1.54, 1.807) is 18.2 Å². The molecule has 2 N–H and O–H groups in total. The van der Waals surface area contributed by atoms with Crippen LogP contribution in [0.15, 0.2) is 18.2 Å². The van der Waals surface area contributed by atoms with Gasteiger partial charge in [-0.15, -0.1) is 0 Å². The zero-order valence-corrected chi connectivity index (χ0v) is 13.5. The van der Waals surface area contributed by atoms with E-state index in [9.17, 15) is 14.7 Å². The highest BCUT2D eigenvalue weighted by Gasteiger charge is 2.29. The lowest BCUT2D eigenvalue weighted by Crippen LogP contribution is -2.45. The summed E-state index contributed by atoms with van der Waals surface area (Å²) >= 11 is 11.9. The van der Waals surface area contributed by atoms with Crippen molar-refractivity contribution in [2.75, 3.05) is 18.4 Å². The average Bonchev–Trinajstić information content (AvgIpc) is 2.49. The molecule has 2 rings (SSSR count). The lowest BCUT2D eigenvalue weighted by Gasteiger charge is -2.31. The number of benzene rings is 1. The number of halogens is 2. The Balaban J connectivity index is 2.01. The summed E-state index contributed by atoms with van der Waals surface area (Å²) in [5, 5.41) is 12.8. The molecule has 1 aromatic carbocycles. The summed E-state index contributed by atoms with van der Waals surface area (Å²) in [5.74, 6) is -1.36. The number of aliphatic carboxylic acids is 1. The van der Waals surface area contributed by atoms with E-state index < -0.39 is 12.0 Å². The Morgan fingerprint density at radius 2 is 1.91 bits per heavy atom. The summed E-state index contributed by atoms with van der Waals surface area (Å²) in [5.41, 5.74) is 0.391. The van der Waals surface area contributed by atoms with Crippen molar-refractivity contribution in [3.05, 3.63) is 28.2 Å². The van der Waals surface area contributed by atoms with E-state index in [2.05, 4.69) is 5.32 Å². The van der Waals surface area contributed by atoms with Gasteiger partial charge in [0.15, 0.2) is 0 Å². The van der Waals surface area contributed by atoms with E-state index in [1.165, 1.54) is 0 Å². The molecule has 120 valence electrons. The molecule has 1 saturated heterocycles. The second-order valence-corrected chi connectivity index (χ2v) is 6.17. The zero-order valence-electron chi connectivity index (χ0n) is 12.0. The van der Waals surface area contributed by atoms with Crippen molar-refractivity contribution in [2.24, 2.45) is 0 Å². The highest BCUT2D eigenvalue weighted by Crippen LogP contribution is 2.26. The van der Waals surface area contributed by atoms with Gasteiger partial charge in [-0.2, -0.15) is 0 Å². The van der Waals surface area contributed by atoms with Crippen LogP contribution in [0.1, 0.15) is 25.7 Å². The van der Waals surface area contributed by atoms with Gasteiger partial charge >= 0.3 is 5.97 Å². The molecular formula is C15H18Cl2N2O3. The van der Waals surface area contributed by atoms with Crippen LogP contribution in [0.3, 0.4) is 0 Å². The van der Waals surface area contributed by atoms with Gasteiger partial charge in [-0.05, 0) is 44.1 Å². The Kier molecular flexibility index (Phi) is 6.06. The molecule has 5 nitrogen and oxygen atoms in total. The van der Waals surface area contributed by atoms with Crippen molar-refractivity contribution in [1.29, 1.82) is 0 Å². The van der Waals surface area contributed by atoms with Crippen molar-refractivity contribution in [1.82, 2.24) is 4.90 Å². The predicted molar refractivity (Wildman–Crippen MR) is 86.6 cm³/mol. The Hall–Kier alpha value is -1.30. The molecule has 0 saturated carbocycles. The number of amides is 1. The maximum absolute atomic E-state index is 12.1. The number of nitrogens with one attached hydrogen (secondary N) is 1. The summed E-state index contributed by atoms with van der Waals surface area (Å²) in [4.78, 5) is 25.4. The van der Waals surface area contributed by atoms with Gasteiger partial charge in [-0.1, -0.05) is 29.6 Å². The van der Waals surface area contributed by atoms with Gasteiger partial charge < -0.3 is 10.4 Å². The predicted octanol–water partition coefficient (Wildman–Crippen LogP) is 3.26. The smallest absolute Gasteiger partial charge is 0.321 e. The van der Waals surface area contributed by atoms with Crippen LogP contribution in [0, 0.1) is 0 Å². The largest absolute Gasteiger partial charge is 0.480 e. The maximum Gasteiger partial charge on any atom is 0.321 e. The quantitative estimate of drug-likeness (QED) is 0.859. The first kappa shape index (κ1) is 17.1. The van der Waals surface area contributed by atoms with Crippen molar-refractivity contribution in [3.63, 3.8) is 0 Å². The molecule has 1 aromatic rings. The molecule has 1 amide bonds. The molecule has 1 atom stereocenters. The highest BCUT2D eigenvalue weighted by atomic mass is 35.5. The Labute approximate surface area is 139 Å². The zero-order chi connectivity index (χ0) is 16.1. The van der Waals surface area contributed by atoms with Crippen LogP contribution in [0.2, 0.25) is 10.0 Å². The van der Waals surface area contributed by atoms with Crippen LogP contribution in [0.5, 0.6) is 0 Å². The number of hydrogen-bond acceptors (Lipinski definition) is 3. The second kappa shape index (κ2) is 7.81. The minimum Gasteiger partial charge on any atom is -0.480 e. The van der Waals surface area contributed by atoms with Gasteiger partial charge in [0, 0.05) is 5.02 Å².